The number of nitrogens with zero attached hydrogens (tertiary/aromatic N) is 2. The van der Waals surface area contributed by atoms with Crippen LogP contribution in [0.5, 0.6) is 0 Å². The van der Waals surface area contributed by atoms with E-state index < -0.39 is 0 Å². The molecular weight excluding hydrogens is 749 g/mol. The molecule has 0 aliphatic heterocycles. The molecule has 1 heterocycles. The Morgan fingerprint density at radius 1 is 0.258 bits per heavy atom. The molecule has 62 heavy (non-hydrogen) atoms. The fraction of sp³-hybridized carbons (Fsp3) is 0. The maximum Gasteiger partial charge on any atom is 0.0561 e. The molecule has 0 atom stereocenters. The molecule has 290 valence electrons. The topological polar surface area (TPSA) is 8.17 Å². The van der Waals surface area contributed by atoms with Crippen LogP contribution in [0.1, 0.15) is 0 Å². The van der Waals surface area contributed by atoms with Gasteiger partial charge in [-0.15, -0.1) is 0 Å². The van der Waals surface area contributed by atoms with Crippen LogP contribution in [0.4, 0.5) is 17.1 Å². The van der Waals surface area contributed by atoms with Gasteiger partial charge in [-0.1, -0.05) is 182 Å². The molecule has 0 unspecified atom stereocenters. The maximum absolute atomic E-state index is 2.45. The number of fused-ring (bicyclic) bond motifs is 7. The van der Waals surface area contributed by atoms with E-state index in [0.717, 1.165) is 28.3 Å². The SMILES string of the molecule is c1ccc(-c2c(-c3ccccc3)c3cc(N(c4cccc(-c5ccc6ccccc6c5)c4)c4ccc5c6ccccc6n(-c6ccccc6)c5c4)ccc3c3ccccc23)cc1. The van der Waals surface area contributed by atoms with Gasteiger partial charge in [-0.2, -0.15) is 0 Å². The highest BCUT2D eigenvalue weighted by Crippen LogP contribution is 2.47. The molecule has 0 amide bonds. The minimum absolute atomic E-state index is 1.08. The summed E-state index contributed by atoms with van der Waals surface area (Å²) in [5.41, 5.74) is 14.0. The summed E-state index contributed by atoms with van der Waals surface area (Å²) < 4.78 is 2.41. The van der Waals surface area contributed by atoms with E-state index in [2.05, 4.69) is 252 Å². The van der Waals surface area contributed by atoms with Crippen molar-refractivity contribution in [3.05, 3.63) is 243 Å². The van der Waals surface area contributed by atoms with Crippen molar-refractivity contribution in [1.82, 2.24) is 4.57 Å². The third-order valence-electron chi connectivity index (χ3n) is 12.5. The van der Waals surface area contributed by atoms with Crippen LogP contribution in [-0.2, 0) is 0 Å². The lowest BCUT2D eigenvalue weighted by molar-refractivity contribution is 1.18. The number of hydrogen-bond acceptors (Lipinski definition) is 1. The Morgan fingerprint density at radius 2 is 0.774 bits per heavy atom. The zero-order valence-electron chi connectivity index (χ0n) is 34.0. The lowest BCUT2D eigenvalue weighted by Crippen LogP contribution is -2.10. The molecule has 0 N–H and O–H groups in total. The van der Waals surface area contributed by atoms with E-state index in [1.165, 1.54) is 82.0 Å². The summed E-state index contributed by atoms with van der Waals surface area (Å²) in [6.07, 6.45) is 0. The number of para-hydroxylation sites is 2. The van der Waals surface area contributed by atoms with E-state index in [1.807, 2.05) is 0 Å². The molecule has 2 nitrogen and oxygen atoms in total. The van der Waals surface area contributed by atoms with Crippen LogP contribution >= 0.6 is 0 Å². The number of rotatable bonds is 7. The second kappa shape index (κ2) is 14.8. The Bertz CT molecular complexity index is 3620. The summed E-state index contributed by atoms with van der Waals surface area (Å²) in [4.78, 5) is 2.45. The zero-order valence-corrected chi connectivity index (χ0v) is 34.0. The van der Waals surface area contributed by atoms with E-state index in [4.69, 9.17) is 0 Å². The monoisotopic (exact) mass is 788 g/mol. The van der Waals surface area contributed by atoms with Crippen molar-refractivity contribution < 1.29 is 0 Å². The quantitative estimate of drug-likeness (QED) is 0.146. The van der Waals surface area contributed by atoms with Crippen molar-refractivity contribution in [3.63, 3.8) is 0 Å². The molecule has 12 aromatic rings. The summed E-state index contributed by atoms with van der Waals surface area (Å²) in [6.45, 7) is 0. The average Bonchev–Trinajstić information content (AvgIpc) is 3.68. The van der Waals surface area contributed by atoms with Gasteiger partial charge in [0.25, 0.3) is 0 Å². The van der Waals surface area contributed by atoms with Crippen LogP contribution < -0.4 is 4.90 Å². The number of aromatic nitrogens is 1. The minimum Gasteiger partial charge on any atom is -0.310 e. The van der Waals surface area contributed by atoms with Gasteiger partial charge < -0.3 is 9.47 Å². The third kappa shape index (κ3) is 5.96. The van der Waals surface area contributed by atoms with Crippen molar-refractivity contribution in [1.29, 1.82) is 0 Å². The summed E-state index contributed by atoms with van der Waals surface area (Å²) >= 11 is 0. The number of anilines is 3. The van der Waals surface area contributed by atoms with E-state index in [9.17, 15) is 0 Å². The van der Waals surface area contributed by atoms with Crippen molar-refractivity contribution in [2.45, 2.75) is 0 Å². The van der Waals surface area contributed by atoms with Gasteiger partial charge in [-0.25, -0.2) is 0 Å². The van der Waals surface area contributed by atoms with E-state index >= 15 is 0 Å². The normalized spacial score (nSPS) is 11.5. The van der Waals surface area contributed by atoms with Gasteiger partial charge in [0, 0.05) is 33.5 Å². The van der Waals surface area contributed by atoms with Crippen LogP contribution in [0, 0.1) is 0 Å². The van der Waals surface area contributed by atoms with Gasteiger partial charge in [0.1, 0.15) is 0 Å². The maximum atomic E-state index is 2.45. The molecule has 0 bridgehead atoms. The molecule has 0 aliphatic carbocycles. The highest BCUT2D eigenvalue weighted by molar-refractivity contribution is 6.22. The fourth-order valence-electron chi connectivity index (χ4n) is 9.72. The van der Waals surface area contributed by atoms with E-state index in [1.54, 1.807) is 0 Å². The average molecular weight is 789 g/mol. The molecule has 0 aliphatic rings. The second-order valence-electron chi connectivity index (χ2n) is 16.1. The number of benzene rings is 11. The Hall–Kier alpha value is -8.20. The molecule has 0 saturated heterocycles. The fourth-order valence-corrected chi connectivity index (χ4v) is 9.72. The van der Waals surface area contributed by atoms with Crippen molar-refractivity contribution in [3.8, 4) is 39.1 Å². The first-order valence-electron chi connectivity index (χ1n) is 21.3. The van der Waals surface area contributed by atoms with Crippen molar-refractivity contribution in [2.24, 2.45) is 0 Å². The van der Waals surface area contributed by atoms with Crippen LogP contribution in [0.2, 0.25) is 0 Å². The molecule has 2 heteroatoms. The van der Waals surface area contributed by atoms with Gasteiger partial charge in [-0.05, 0) is 126 Å². The number of hydrogen-bond donors (Lipinski definition) is 0. The molecule has 0 spiro atoms. The minimum atomic E-state index is 1.08. The Balaban J connectivity index is 1.15. The predicted octanol–water partition coefficient (Wildman–Crippen LogP) is 16.7. The van der Waals surface area contributed by atoms with Gasteiger partial charge in [-0.3, -0.25) is 0 Å². The summed E-state index contributed by atoms with van der Waals surface area (Å²) in [6, 6.07) is 88.6. The van der Waals surface area contributed by atoms with Crippen LogP contribution in [0.3, 0.4) is 0 Å². The van der Waals surface area contributed by atoms with E-state index in [-0.39, 0.29) is 0 Å². The van der Waals surface area contributed by atoms with Crippen molar-refractivity contribution >= 4 is 71.2 Å². The lowest BCUT2D eigenvalue weighted by atomic mass is 9.85. The first kappa shape index (κ1) is 35.7. The highest BCUT2D eigenvalue weighted by Gasteiger charge is 2.22. The standard InChI is InChI=1S/C60H40N2/c1-4-18-42(19-5-1)59-55-29-13-12-27-51(55)52-35-33-49(39-56(52)60(59)43-20-6-2-7-21-43)61(48-26-16-23-45(38-48)46-32-31-41-17-10-11-22-44(41)37-46)50-34-36-54-53-28-14-15-30-57(53)62(58(54)40-50)47-24-8-3-9-25-47/h1-40H. The zero-order chi connectivity index (χ0) is 41.0. The van der Waals surface area contributed by atoms with Gasteiger partial charge in [0.05, 0.1) is 11.0 Å². The Morgan fingerprint density at radius 3 is 1.53 bits per heavy atom. The van der Waals surface area contributed by atoms with Gasteiger partial charge in [0.15, 0.2) is 0 Å². The van der Waals surface area contributed by atoms with Gasteiger partial charge in [0.2, 0.25) is 0 Å². The third-order valence-corrected chi connectivity index (χ3v) is 12.5. The van der Waals surface area contributed by atoms with Crippen LogP contribution in [-0.4, -0.2) is 4.57 Å². The largest absolute Gasteiger partial charge is 0.310 e. The van der Waals surface area contributed by atoms with Crippen LogP contribution in [0.25, 0.3) is 93.2 Å². The van der Waals surface area contributed by atoms with Crippen LogP contribution in [0.15, 0.2) is 243 Å². The predicted molar refractivity (Wildman–Crippen MR) is 264 cm³/mol. The molecule has 0 fully saturated rings. The summed E-state index contributed by atoms with van der Waals surface area (Å²) in [5.74, 6) is 0. The Labute approximate surface area is 360 Å². The summed E-state index contributed by atoms with van der Waals surface area (Å²) in [7, 11) is 0. The first-order valence-corrected chi connectivity index (χ1v) is 21.3. The summed E-state index contributed by atoms with van der Waals surface area (Å²) in [5, 5.41) is 9.86. The molecular formula is C60H40N2. The first-order chi connectivity index (χ1) is 30.8. The highest BCUT2D eigenvalue weighted by atomic mass is 15.1. The van der Waals surface area contributed by atoms with Crippen molar-refractivity contribution in [2.75, 3.05) is 4.90 Å². The molecule has 12 rings (SSSR count). The smallest absolute Gasteiger partial charge is 0.0561 e. The second-order valence-corrected chi connectivity index (χ2v) is 16.1. The molecule has 1 aromatic heterocycles. The van der Waals surface area contributed by atoms with Gasteiger partial charge >= 0.3 is 0 Å². The molecule has 0 radical (unpaired) electrons. The molecule has 0 saturated carbocycles. The molecule has 11 aromatic carbocycles. The Kier molecular flexibility index (Phi) is 8.53. The lowest BCUT2D eigenvalue weighted by Gasteiger charge is -2.27. The van der Waals surface area contributed by atoms with E-state index in [0.29, 0.717) is 0 Å².